The van der Waals surface area contributed by atoms with E-state index in [4.69, 9.17) is 32.7 Å². The van der Waals surface area contributed by atoms with E-state index in [9.17, 15) is 0 Å². The maximum absolute atomic E-state index is 6.25. The van der Waals surface area contributed by atoms with Crippen molar-refractivity contribution in [3.63, 3.8) is 0 Å². The van der Waals surface area contributed by atoms with Crippen LogP contribution in [0, 0.1) is 0 Å². The Morgan fingerprint density at radius 3 is 2.55 bits per heavy atom. The monoisotopic (exact) mass is 549 g/mol. The second-order valence-corrected chi connectivity index (χ2v) is 9.18. The Balaban J connectivity index is 1.28. The summed E-state index contributed by atoms with van der Waals surface area (Å²) in [4.78, 5) is 15.7. The van der Waals surface area contributed by atoms with Crippen LogP contribution in [0.5, 0.6) is 5.75 Å². The van der Waals surface area contributed by atoms with Crippen molar-refractivity contribution < 1.29 is 9.47 Å². The Bertz CT molecular complexity index is 1400. The number of morpholine rings is 1. The maximum atomic E-state index is 6.25. The molecule has 0 spiro atoms. The van der Waals surface area contributed by atoms with Gasteiger partial charge in [0.25, 0.3) is 0 Å². The number of rotatable bonds is 9. The third-order valence-electron chi connectivity index (χ3n) is 5.59. The number of ether oxygens (including phenoxy) is 2. The highest BCUT2D eigenvalue weighted by Crippen LogP contribution is 2.23. The number of benzene rings is 3. The number of hydrogen-bond acceptors (Lipinski definition) is 9. The van der Waals surface area contributed by atoms with Gasteiger partial charge in [-0.05, 0) is 42.0 Å². The number of nitrogens with one attached hydrogen (secondary N) is 2. The quantitative estimate of drug-likeness (QED) is 0.200. The molecule has 0 bridgehead atoms. The molecule has 194 valence electrons. The van der Waals surface area contributed by atoms with E-state index in [1.165, 1.54) is 0 Å². The summed E-state index contributed by atoms with van der Waals surface area (Å²) in [5, 5.41) is 8.72. The van der Waals surface area contributed by atoms with Crippen LogP contribution in [0.15, 0.2) is 77.9 Å². The lowest BCUT2D eigenvalue weighted by atomic mass is 10.2. The molecule has 11 heteroatoms. The molecular weight excluding hydrogens is 525 g/mol. The minimum absolute atomic E-state index is 0.320. The fourth-order valence-electron chi connectivity index (χ4n) is 3.68. The molecule has 1 aromatic heterocycles. The van der Waals surface area contributed by atoms with Crippen LogP contribution in [0.3, 0.4) is 0 Å². The SMILES string of the molecule is Clc1ccc(COc2cccc(/C=N\Nc3nc(Nc4ccccc4)nc(N4CCOCC4)n3)c2)c(Cl)c1. The number of anilines is 4. The van der Waals surface area contributed by atoms with Crippen LogP contribution < -0.4 is 20.4 Å². The molecule has 38 heavy (non-hydrogen) atoms. The lowest BCUT2D eigenvalue weighted by molar-refractivity contribution is 0.122. The fraction of sp³-hybridized carbons (Fsp3) is 0.185. The van der Waals surface area contributed by atoms with Gasteiger partial charge in [-0.25, -0.2) is 5.43 Å². The van der Waals surface area contributed by atoms with Crippen molar-refractivity contribution in [2.45, 2.75) is 6.61 Å². The van der Waals surface area contributed by atoms with E-state index in [1.54, 1.807) is 18.3 Å². The maximum Gasteiger partial charge on any atom is 0.250 e. The Kier molecular flexibility index (Phi) is 8.49. The Morgan fingerprint density at radius 1 is 0.921 bits per heavy atom. The first kappa shape index (κ1) is 25.7. The van der Waals surface area contributed by atoms with E-state index < -0.39 is 0 Å². The highest BCUT2D eigenvalue weighted by Gasteiger charge is 2.16. The molecule has 0 atom stereocenters. The van der Waals surface area contributed by atoms with Gasteiger partial charge in [0.05, 0.1) is 19.4 Å². The Morgan fingerprint density at radius 2 is 1.74 bits per heavy atom. The molecular formula is C27H25Cl2N7O2. The Labute approximate surface area is 230 Å². The molecule has 0 amide bonds. The van der Waals surface area contributed by atoms with E-state index in [0.29, 0.717) is 66.5 Å². The summed E-state index contributed by atoms with van der Waals surface area (Å²) >= 11 is 12.2. The van der Waals surface area contributed by atoms with Crippen molar-refractivity contribution in [2.24, 2.45) is 5.10 Å². The largest absolute Gasteiger partial charge is 0.489 e. The van der Waals surface area contributed by atoms with Gasteiger partial charge in [-0.3, -0.25) is 0 Å². The zero-order valence-electron chi connectivity index (χ0n) is 20.3. The average molecular weight is 550 g/mol. The first-order valence-electron chi connectivity index (χ1n) is 12.0. The molecule has 3 aromatic carbocycles. The molecule has 1 aliphatic rings. The van der Waals surface area contributed by atoms with Gasteiger partial charge in [-0.15, -0.1) is 0 Å². The number of halogens is 2. The Hall–Kier alpha value is -3.92. The average Bonchev–Trinajstić information content (AvgIpc) is 2.94. The first-order chi connectivity index (χ1) is 18.6. The smallest absolute Gasteiger partial charge is 0.250 e. The highest BCUT2D eigenvalue weighted by molar-refractivity contribution is 6.35. The van der Waals surface area contributed by atoms with Crippen LogP contribution in [0.4, 0.5) is 23.5 Å². The van der Waals surface area contributed by atoms with E-state index in [2.05, 4.69) is 35.7 Å². The van der Waals surface area contributed by atoms with Crippen molar-refractivity contribution in [3.05, 3.63) is 94.0 Å². The summed E-state index contributed by atoms with van der Waals surface area (Å²) in [6.07, 6.45) is 1.67. The van der Waals surface area contributed by atoms with Crippen molar-refractivity contribution >= 4 is 52.9 Å². The van der Waals surface area contributed by atoms with Crippen LogP contribution >= 0.6 is 23.2 Å². The molecule has 0 unspecified atom stereocenters. The van der Waals surface area contributed by atoms with Gasteiger partial charge in [0.15, 0.2) is 0 Å². The predicted octanol–water partition coefficient (Wildman–Crippen LogP) is 5.78. The van der Waals surface area contributed by atoms with Gasteiger partial charge >= 0.3 is 0 Å². The van der Waals surface area contributed by atoms with Gasteiger partial charge in [0, 0.05) is 34.4 Å². The number of hydrazone groups is 1. The van der Waals surface area contributed by atoms with E-state index in [0.717, 1.165) is 16.8 Å². The number of aromatic nitrogens is 3. The van der Waals surface area contributed by atoms with Crippen molar-refractivity contribution in [1.82, 2.24) is 15.0 Å². The first-order valence-corrected chi connectivity index (χ1v) is 12.7. The van der Waals surface area contributed by atoms with Crippen LogP contribution in [0.25, 0.3) is 0 Å². The van der Waals surface area contributed by atoms with Gasteiger partial charge in [0.1, 0.15) is 12.4 Å². The molecule has 5 rings (SSSR count). The van der Waals surface area contributed by atoms with Gasteiger partial charge in [0.2, 0.25) is 17.8 Å². The third-order valence-corrected chi connectivity index (χ3v) is 6.18. The summed E-state index contributed by atoms with van der Waals surface area (Å²) in [5.74, 6) is 1.97. The molecule has 1 aliphatic heterocycles. The van der Waals surface area contributed by atoms with Crippen molar-refractivity contribution in [1.29, 1.82) is 0 Å². The van der Waals surface area contributed by atoms with Gasteiger partial charge in [-0.1, -0.05) is 59.6 Å². The van der Waals surface area contributed by atoms with Gasteiger partial charge in [-0.2, -0.15) is 20.1 Å². The molecule has 2 heterocycles. The number of nitrogens with zero attached hydrogens (tertiary/aromatic N) is 5. The summed E-state index contributed by atoms with van der Waals surface area (Å²) < 4.78 is 11.4. The van der Waals surface area contributed by atoms with Gasteiger partial charge < -0.3 is 19.7 Å². The zero-order chi connectivity index (χ0) is 26.2. The molecule has 0 aliphatic carbocycles. The standard InChI is InChI=1S/C27H25Cl2N7O2/c28-21-10-9-20(24(29)16-21)18-38-23-8-4-5-19(15-23)17-30-35-26-32-25(31-22-6-2-1-3-7-22)33-27(34-26)36-11-13-37-14-12-36/h1-10,15-17H,11-14,18H2,(H2,31,32,33,34,35)/b30-17-. The van der Waals surface area contributed by atoms with Crippen LogP contribution in [0.1, 0.15) is 11.1 Å². The lowest BCUT2D eigenvalue weighted by Gasteiger charge is -2.27. The molecule has 4 aromatic rings. The number of hydrogen-bond donors (Lipinski definition) is 2. The summed E-state index contributed by atoms with van der Waals surface area (Å²) in [6.45, 7) is 2.96. The fourth-order valence-corrected chi connectivity index (χ4v) is 4.14. The normalized spacial score (nSPS) is 13.5. The predicted molar refractivity (Wildman–Crippen MR) is 151 cm³/mol. The van der Waals surface area contributed by atoms with E-state index in [-0.39, 0.29) is 0 Å². The second-order valence-electron chi connectivity index (χ2n) is 8.34. The van der Waals surface area contributed by atoms with E-state index in [1.807, 2.05) is 60.7 Å². The highest BCUT2D eigenvalue weighted by atomic mass is 35.5. The summed E-state index contributed by atoms with van der Waals surface area (Å²) in [5.41, 5.74) is 5.49. The minimum atomic E-state index is 0.320. The van der Waals surface area contributed by atoms with E-state index >= 15 is 0 Å². The topological polar surface area (TPSA) is 96.8 Å². The summed E-state index contributed by atoms with van der Waals surface area (Å²) in [6, 6.07) is 22.6. The molecule has 1 saturated heterocycles. The minimum Gasteiger partial charge on any atom is -0.489 e. The number of para-hydroxylation sites is 1. The van der Waals surface area contributed by atoms with Crippen molar-refractivity contribution in [2.75, 3.05) is 41.9 Å². The van der Waals surface area contributed by atoms with Crippen LogP contribution in [0.2, 0.25) is 10.0 Å². The molecule has 2 N–H and O–H groups in total. The third kappa shape index (κ3) is 7.10. The van der Waals surface area contributed by atoms with Crippen molar-refractivity contribution in [3.8, 4) is 5.75 Å². The van der Waals surface area contributed by atoms with Crippen LogP contribution in [-0.2, 0) is 11.3 Å². The van der Waals surface area contributed by atoms with Crippen LogP contribution in [-0.4, -0.2) is 47.5 Å². The molecule has 1 fully saturated rings. The molecule has 0 saturated carbocycles. The molecule has 9 nitrogen and oxygen atoms in total. The zero-order valence-corrected chi connectivity index (χ0v) is 21.9. The lowest BCUT2D eigenvalue weighted by Crippen LogP contribution is -2.37. The molecule has 0 radical (unpaired) electrons. The second kappa shape index (κ2) is 12.6. The summed E-state index contributed by atoms with van der Waals surface area (Å²) in [7, 11) is 0.